The Morgan fingerprint density at radius 1 is 1.34 bits per heavy atom. The molecule has 1 aromatic carbocycles. The molecule has 4 heterocycles. The first kappa shape index (κ1) is 21.6. The number of carbonyl (C=O) groups excluding carboxylic acids is 1. The number of anilines is 1. The second-order valence-corrected chi connectivity index (χ2v) is 10.9. The maximum atomic E-state index is 13.5. The lowest BCUT2D eigenvalue weighted by atomic mass is 9.64. The van der Waals surface area contributed by atoms with Crippen molar-refractivity contribution < 1.29 is 35.9 Å². The van der Waals surface area contributed by atoms with E-state index in [9.17, 15) is 26.4 Å². The van der Waals surface area contributed by atoms with E-state index in [1.165, 1.54) is 17.0 Å². The second kappa shape index (κ2) is 6.44. The predicted octanol–water partition coefficient (Wildman–Crippen LogP) is 1.75. The fourth-order valence-electron chi connectivity index (χ4n) is 6.13. The van der Waals surface area contributed by atoms with E-state index in [2.05, 4.69) is 4.72 Å². The summed E-state index contributed by atoms with van der Waals surface area (Å²) in [5.41, 5.74) is -3.66. The highest BCUT2D eigenvalue weighted by Crippen LogP contribution is 2.65. The van der Waals surface area contributed by atoms with Crippen LogP contribution in [0.4, 0.5) is 18.9 Å². The number of rotatable bonds is 3. The van der Waals surface area contributed by atoms with Crippen molar-refractivity contribution in [2.75, 3.05) is 17.8 Å². The van der Waals surface area contributed by atoms with Gasteiger partial charge in [-0.2, -0.15) is 18.4 Å². The van der Waals surface area contributed by atoms with Crippen LogP contribution in [0.25, 0.3) is 0 Å². The Morgan fingerprint density at radius 3 is 2.69 bits per heavy atom. The number of sulfonamides is 1. The molecule has 6 atom stereocenters. The lowest BCUT2D eigenvalue weighted by molar-refractivity contribution is -0.143. The molecule has 1 N–H and O–H groups in total. The molecule has 4 saturated heterocycles. The average Bonchev–Trinajstić information content (AvgIpc) is 3.23. The van der Waals surface area contributed by atoms with Crippen LogP contribution in [-0.2, 0) is 30.5 Å². The van der Waals surface area contributed by atoms with Crippen molar-refractivity contribution in [3.8, 4) is 6.07 Å². The lowest BCUT2D eigenvalue weighted by Crippen LogP contribution is -2.61. The number of amides is 1. The number of alkyl halides is 3. The number of fused-ring (bicyclic) bond motifs is 2. The predicted molar refractivity (Wildman–Crippen MR) is 104 cm³/mol. The van der Waals surface area contributed by atoms with Crippen LogP contribution in [0.15, 0.2) is 18.2 Å². The van der Waals surface area contributed by atoms with E-state index in [0.29, 0.717) is 6.42 Å². The normalized spacial score (nSPS) is 38.1. The minimum atomic E-state index is -4.77. The molecule has 32 heavy (non-hydrogen) atoms. The monoisotopic (exact) mass is 471 g/mol. The van der Waals surface area contributed by atoms with E-state index in [-0.39, 0.29) is 18.7 Å². The summed E-state index contributed by atoms with van der Waals surface area (Å²) in [4.78, 5) is 14.7. The van der Waals surface area contributed by atoms with Gasteiger partial charge in [-0.1, -0.05) is 0 Å². The smallest absolute Gasteiger partial charge is 0.366 e. The number of benzene rings is 1. The van der Waals surface area contributed by atoms with Crippen LogP contribution in [0.1, 0.15) is 30.9 Å². The summed E-state index contributed by atoms with van der Waals surface area (Å²) in [5, 5.41) is 9.07. The van der Waals surface area contributed by atoms with Gasteiger partial charge < -0.3 is 9.47 Å². The number of nitriles is 1. The molecule has 0 radical (unpaired) electrons. The zero-order valence-corrected chi connectivity index (χ0v) is 18.0. The average molecular weight is 471 g/mol. The lowest BCUT2D eigenvalue weighted by Gasteiger charge is -2.45. The van der Waals surface area contributed by atoms with E-state index in [1.54, 1.807) is 6.92 Å². The van der Waals surface area contributed by atoms with Crippen molar-refractivity contribution in [3.63, 3.8) is 0 Å². The van der Waals surface area contributed by atoms with Gasteiger partial charge in [0.1, 0.15) is 6.23 Å². The van der Waals surface area contributed by atoms with Gasteiger partial charge in [0.15, 0.2) is 0 Å². The van der Waals surface area contributed by atoms with Gasteiger partial charge in [-0.25, -0.2) is 13.1 Å². The topological polar surface area (TPSA) is 109 Å². The summed E-state index contributed by atoms with van der Waals surface area (Å²) < 4.78 is 79.3. The first-order valence-corrected chi connectivity index (χ1v) is 11.9. The molecule has 8 nitrogen and oxygen atoms in total. The summed E-state index contributed by atoms with van der Waals surface area (Å²) in [7, 11) is -3.56. The third-order valence-electron chi connectivity index (χ3n) is 7.11. The SMILES string of the molecule is C[C@@]12C[C@@H](NS(C)(=O)=O)[C@]3(CCO[C@H]4[C@@H]3[C@@H]1C(=O)N4c1ccc(C#N)c(C(F)(F)F)c1)O2. The summed E-state index contributed by atoms with van der Waals surface area (Å²) in [6.07, 6.45) is -3.99. The van der Waals surface area contributed by atoms with Crippen LogP contribution >= 0.6 is 0 Å². The zero-order chi connectivity index (χ0) is 23.3. The molecule has 1 amide bonds. The van der Waals surface area contributed by atoms with Gasteiger partial charge in [0.2, 0.25) is 15.9 Å². The third kappa shape index (κ3) is 2.84. The second-order valence-electron chi connectivity index (χ2n) is 9.08. The fourth-order valence-corrected chi connectivity index (χ4v) is 6.93. The van der Waals surface area contributed by atoms with E-state index >= 15 is 0 Å². The van der Waals surface area contributed by atoms with Gasteiger partial charge >= 0.3 is 6.18 Å². The number of hydrogen-bond donors (Lipinski definition) is 1. The highest BCUT2D eigenvalue weighted by atomic mass is 32.2. The molecular formula is C20H20F3N3O5S. The minimum Gasteiger partial charge on any atom is -0.366 e. The van der Waals surface area contributed by atoms with Crippen LogP contribution in [0, 0.1) is 23.2 Å². The molecule has 4 aliphatic rings. The molecule has 0 unspecified atom stereocenters. The van der Waals surface area contributed by atoms with E-state index < -0.39 is 68.5 Å². The first-order chi connectivity index (χ1) is 14.8. The van der Waals surface area contributed by atoms with Crippen molar-refractivity contribution in [1.82, 2.24) is 4.72 Å². The van der Waals surface area contributed by atoms with Crippen molar-refractivity contribution in [2.24, 2.45) is 11.8 Å². The molecule has 5 rings (SSSR count). The number of ether oxygens (including phenoxy) is 2. The van der Waals surface area contributed by atoms with Gasteiger partial charge in [0.25, 0.3) is 0 Å². The number of carbonyl (C=O) groups is 1. The Balaban J connectivity index is 1.59. The Hall–Kier alpha value is -2.20. The van der Waals surface area contributed by atoms with Crippen LogP contribution in [0.2, 0.25) is 0 Å². The van der Waals surface area contributed by atoms with E-state index in [0.717, 1.165) is 18.4 Å². The molecule has 0 aliphatic carbocycles. The van der Waals surface area contributed by atoms with Gasteiger partial charge in [-0.05, 0) is 31.5 Å². The number of halogens is 3. The van der Waals surface area contributed by atoms with Gasteiger partial charge in [0.05, 0.1) is 53.2 Å². The molecule has 1 spiro atoms. The van der Waals surface area contributed by atoms with Crippen LogP contribution in [0.5, 0.6) is 0 Å². The summed E-state index contributed by atoms with van der Waals surface area (Å²) in [5.74, 6) is -1.66. The van der Waals surface area contributed by atoms with Crippen LogP contribution < -0.4 is 9.62 Å². The Bertz CT molecular complexity index is 1170. The highest BCUT2D eigenvalue weighted by Gasteiger charge is 2.78. The first-order valence-electron chi connectivity index (χ1n) is 10.0. The molecule has 172 valence electrons. The van der Waals surface area contributed by atoms with Crippen LogP contribution in [-0.4, -0.2) is 50.7 Å². The van der Waals surface area contributed by atoms with Crippen molar-refractivity contribution in [3.05, 3.63) is 29.3 Å². The zero-order valence-electron chi connectivity index (χ0n) is 17.1. The van der Waals surface area contributed by atoms with Crippen LogP contribution in [0.3, 0.4) is 0 Å². The highest BCUT2D eigenvalue weighted by molar-refractivity contribution is 7.88. The number of hydrogen-bond acceptors (Lipinski definition) is 6. The molecule has 2 bridgehead atoms. The Morgan fingerprint density at radius 2 is 2.06 bits per heavy atom. The summed E-state index contributed by atoms with van der Waals surface area (Å²) in [6, 6.07) is 4.09. The molecular weight excluding hydrogens is 451 g/mol. The Labute approximate surface area is 182 Å². The molecule has 1 aromatic rings. The minimum absolute atomic E-state index is 0.0200. The maximum Gasteiger partial charge on any atom is 0.417 e. The molecule has 0 saturated carbocycles. The quantitative estimate of drug-likeness (QED) is 0.720. The summed E-state index contributed by atoms with van der Waals surface area (Å²) in [6.45, 7) is 1.89. The Kier molecular flexibility index (Phi) is 4.35. The fraction of sp³-hybridized carbons (Fsp3) is 0.600. The van der Waals surface area contributed by atoms with Crippen molar-refractivity contribution in [2.45, 2.75) is 49.4 Å². The van der Waals surface area contributed by atoms with Gasteiger partial charge in [-0.3, -0.25) is 9.69 Å². The maximum absolute atomic E-state index is 13.5. The molecule has 12 heteroatoms. The third-order valence-corrected chi connectivity index (χ3v) is 7.83. The standard InChI is InChI=1S/C20H20F3N3O5S/c1-18-8-13(25-32(2,28)29)19(31-18)5-6-30-17-15(19)14(18)16(27)26(17)11-4-3-10(9-24)12(7-11)20(21,22)23/h3-4,7,13-15,17,25H,5-6,8H2,1-2H3/t13-,14-,15+,17+,18-,19+/m1/s1. The molecule has 4 aliphatic heterocycles. The van der Waals surface area contributed by atoms with Gasteiger partial charge in [0, 0.05) is 18.0 Å². The van der Waals surface area contributed by atoms with Crippen molar-refractivity contribution >= 4 is 21.6 Å². The molecule has 4 fully saturated rings. The summed E-state index contributed by atoms with van der Waals surface area (Å²) >= 11 is 0. The van der Waals surface area contributed by atoms with Gasteiger partial charge in [-0.15, -0.1) is 0 Å². The van der Waals surface area contributed by atoms with Crippen molar-refractivity contribution in [1.29, 1.82) is 5.26 Å². The van der Waals surface area contributed by atoms with E-state index in [1.807, 2.05) is 0 Å². The molecule has 0 aromatic heterocycles. The largest absolute Gasteiger partial charge is 0.417 e. The van der Waals surface area contributed by atoms with E-state index in [4.69, 9.17) is 14.7 Å². The number of nitrogens with zero attached hydrogens (tertiary/aromatic N) is 2. The number of nitrogens with one attached hydrogen (secondary N) is 1.